The van der Waals surface area contributed by atoms with Gasteiger partial charge in [-0.25, -0.2) is 4.67 Å². The Morgan fingerprint density at radius 2 is 1.77 bits per heavy atom. The van der Waals surface area contributed by atoms with Gasteiger partial charge in [0.2, 0.25) is 0 Å². The summed E-state index contributed by atoms with van der Waals surface area (Å²) in [5.74, 6) is 0. The average molecular weight is 205 g/mol. The first-order valence-corrected chi connectivity index (χ1v) is 6.03. The van der Waals surface area contributed by atoms with Crippen LogP contribution in [0.5, 0.6) is 0 Å². The van der Waals surface area contributed by atoms with Gasteiger partial charge in [0.15, 0.2) is 0 Å². The van der Waals surface area contributed by atoms with Crippen molar-refractivity contribution in [3.05, 3.63) is 0 Å². The molecule has 0 aromatic carbocycles. The molecule has 1 rings (SSSR count). The molecule has 3 nitrogen and oxygen atoms in total. The Kier molecular flexibility index (Phi) is 4.11. The van der Waals surface area contributed by atoms with E-state index in [0.29, 0.717) is 12.1 Å². The molecule has 1 saturated heterocycles. The van der Waals surface area contributed by atoms with Crippen LogP contribution in [0.4, 0.5) is 0 Å². The molecule has 0 aromatic heterocycles. The zero-order valence-corrected chi connectivity index (χ0v) is 10.0. The highest BCUT2D eigenvalue weighted by Gasteiger charge is 2.33. The van der Waals surface area contributed by atoms with Crippen LogP contribution in [-0.2, 0) is 9.05 Å². The molecule has 1 aliphatic heterocycles. The van der Waals surface area contributed by atoms with Gasteiger partial charge in [0.25, 0.3) is 8.53 Å². The van der Waals surface area contributed by atoms with E-state index in [1.54, 1.807) is 0 Å². The van der Waals surface area contributed by atoms with Crippen LogP contribution < -0.4 is 0 Å². The highest BCUT2D eigenvalue weighted by atomic mass is 31.2. The second-order valence-electron chi connectivity index (χ2n) is 4.02. The Bertz CT molecular complexity index is 156. The lowest BCUT2D eigenvalue weighted by molar-refractivity contribution is 0.233. The molecule has 0 radical (unpaired) electrons. The van der Waals surface area contributed by atoms with E-state index < -0.39 is 8.53 Å². The molecule has 0 spiro atoms. The average Bonchev–Trinajstić information content (AvgIpc) is 2.34. The van der Waals surface area contributed by atoms with Gasteiger partial charge in [0, 0.05) is 12.1 Å². The monoisotopic (exact) mass is 205 g/mol. The highest BCUT2D eigenvalue weighted by Crippen LogP contribution is 2.50. The summed E-state index contributed by atoms with van der Waals surface area (Å²) in [6, 6.07) is 0.966. The second kappa shape index (κ2) is 4.70. The lowest BCUT2D eigenvalue weighted by Gasteiger charge is -2.32. The summed E-state index contributed by atoms with van der Waals surface area (Å²) < 4.78 is 13.6. The van der Waals surface area contributed by atoms with Gasteiger partial charge in [0.05, 0.1) is 12.7 Å². The van der Waals surface area contributed by atoms with E-state index in [4.69, 9.17) is 9.05 Å². The molecule has 1 unspecified atom stereocenters. The largest absolute Gasteiger partial charge is 0.319 e. The van der Waals surface area contributed by atoms with Crippen molar-refractivity contribution in [3.63, 3.8) is 0 Å². The van der Waals surface area contributed by atoms with Crippen LogP contribution in [0.25, 0.3) is 0 Å². The van der Waals surface area contributed by atoms with Crippen molar-refractivity contribution in [2.45, 2.75) is 52.8 Å². The van der Waals surface area contributed by atoms with Gasteiger partial charge in [-0.05, 0) is 34.6 Å². The fourth-order valence-electron chi connectivity index (χ4n) is 1.48. The fourth-order valence-corrected chi connectivity index (χ4v) is 3.24. The Morgan fingerprint density at radius 3 is 2.08 bits per heavy atom. The van der Waals surface area contributed by atoms with E-state index in [9.17, 15) is 0 Å². The minimum atomic E-state index is -0.793. The zero-order chi connectivity index (χ0) is 10.0. The van der Waals surface area contributed by atoms with Crippen molar-refractivity contribution < 1.29 is 9.05 Å². The molecular weight excluding hydrogens is 185 g/mol. The fraction of sp³-hybridized carbons (Fsp3) is 1.00. The normalized spacial score (nSPS) is 29.5. The van der Waals surface area contributed by atoms with Gasteiger partial charge >= 0.3 is 0 Å². The van der Waals surface area contributed by atoms with Gasteiger partial charge in [-0.3, -0.25) is 0 Å². The van der Waals surface area contributed by atoms with Crippen molar-refractivity contribution in [2.24, 2.45) is 0 Å². The summed E-state index contributed by atoms with van der Waals surface area (Å²) in [6.07, 6.45) is 0.256. The molecule has 0 amide bonds. The minimum Gasteiger partial charge on any atom is -0.319 e. The summed E-state index contributed by atoms with van der Waals surface area (Å²) in [6.45, 7) is 11.5. The highest BCUT2D eigenvalue weighted by molar-refractivity contribution is 7.44. The van der Waals surface area contributed by atoms with Crippen molar-refractivity contribution in [1.29, 1.82) is 0 Å². The van der Waals surface area contributed by atoms with E-state index in [0.717, 1.165) is 6.61 Å². The van der Waals surface area contributed by atoms with E-state index in [1.165, 1.54) is 0 Å². The number of hydrogen-bond donors (Lipinski definition) is 0. The Morgan fingerprint density at radius 1 is 1.23 bits per heavy atom. The third-order valence-electron chi connectivity index (χ3n) is 1.94. The molecule has 13 heavy (non-hydrogen) atoms. The number of nitrogens with zero attached hydrogens (tertiary/aromatic N) is 1. The second-order valence-corrected chi connectivity index (χ2v) is 5.42. The first-order chi connectivity index (χ1) is 6.02. The van der Waals surface area contributed by atoms with Crippen molar-refractivity contribution in [2.75, 3.05) is 6.61 Å². The minimum absolute atomic E-state index is 0.256. The molecule has 0 aromatic rings. The van der Waals surface area contributed by atoms with Crippen LogP contribution in [0, 0.1) is 0 Å². The van der Waals surface area contributed by atoms with Gasteiger partial charge in [-0.15, -0.1) is 0 Å². The lowest BCUT2D eigenvalue weighted by Crippen LogP contribution is -2.32. The smallest absolute Gasteiger partial charge is 0.259 e. The van der Waals surface area contributed by atoms with Gasteiger partial charge in [-0.1, -0.05) is 0 Å². The summed E-state index contributed by atoms with van der Waals surface area (Å²) in [7, 11) is -0.793. The van der Waals surface area contributed by atoms with Gasteiger partial charge in [0.1, 0.15) is 0 Å². The van der Waals surface area contributed by atoms with Crippen molar-refractivity contribution in [1.82, 2.24) is 4.67 Å². The maximum atomic E-state index is 5.71. The summed E-state index contributed by atoms with van der Waals surface area (Å²) in [5.41, 5.74) is 0. The number of rotatable bonds is 3. The molecule has 0 saturated carbocycles. The maximum Gasteiger partial charge on any atom is 0.259 e. The first-order valence-electron chi connectivity index (χ1n) is 4.90. The Hall–Kier alpha value is 0.310. The topological polar surface area (TPSA) is 21.7 Å². The molecule has 1 aliphatic rings. The number of hydrogen-bond acceptors (Lipinski definition) is 3. The van der Waals surface area contributed by atoms with Crippen LogP contribution >= 0.6 is 8.53 Å². The zero-order valence-electron chi connectivity index (χ0n) is 9.15. The molecule has 78 valence electrons. The molecule has 1 fully saturated rings. The first kappa shape index (κ1) is 11.4. The van der Waals surface area contributed by atoms with Crippen LogP contribution in [0.2, 0.25) is 0 Å². The van der Waals surface area contributed by atoms with Crippen molar-refractivity contribution in [3.8, 4) is 0 Å². The van der Waals surface area contributed by atoms with Crippen LogP contribution in [-0.4, -0.2) is 29.5 Å². The molecule has 0 bridgehead atoms. The predicted molar refractivity (Wildman–Crippen MR) is 55.5 cm³/mol. The van der Waals surface area contributed by atoms with Crippen LogP contribution in [0.1, 0.15) is 34.6 Å². The summed E-state index contributed by atoms with van der Waals surface area (Å²) in [4.78, 5) is 0. The lowest BCUT2D eigenvalue weighted by atomic mass is 10.3. The summed E-state index contributed by atoms with van der Waals surface area (Å²) in [5, 5.41) is 0. The van der Waals surface area contributed by atoms with Gasteiger partial charge in [-0.2, -0.15) is 0 Å². The molecule has 2 atom stereocenters. The predicted octanol–water partition coefficient (Wildman–Crippen LogP) is 2.77. The third kappa shape index (κ3) is 2.88. The van der Waals surface area contributed by atoms with Gasteiger partial charge < -0.3 is 9.05 Å². The molecule has 0 N–H and O–H groups in total. The van der Waals surface area contributed by atoms with E-state index in [-0.39, 0.29) is 6.10 Å². The van der Waals surface area contributed by atoms with E-state index in [2.05, 4.69) is 39.3 Å². The maximum absolute atomic E-state index is 5.71. The van der Waals surface area contributed by atoms with E-state index in [1.807, 2.05) is 0 Å². The van der Waals surface area contributed by atoms with Crippen molar-refractivity contribution >= 4 is 8.53 Å². The standard InChI is InChI=1S/C9H20NO2P/c1-7(2)10(8(3)4)13-11-6-9(5)12-13/h7-9H,6H2,1-5H3/t9-,13?/m0/s1. The molecule has 0 aliphatic carbocycles. The van der Waals surface area contributed by atoms with Crippen LogP contribution in [0.15, 0.2) is 0 Å². The quantitative estimate of drug-likeness (QED) is 0.661. The Balaban J connectivity index is 2.55. The third-order valence-corrected chi connectivity index (χ3v) is 4.15. The molecular formula is C9H20NO2P. The SMILES string of the molecule is CC(C)N(C(C)C)P1OC[C@H](C)O1. The van der Waals surface area contributed by atoms with E-state index >= 15 is 0 Å². The van der Waals surface area contributed by atoms with Crippen LogP contribution in [0.3, 0.4) is 0 Å². The summed E-state index contributed by atoms with van der Waals surface area (Å²) >= 11 is 0. The molecule has 1 heterocycles. The molecule has 4 heteroatoms. The Labute approximate surface area is 82.4 Å².